The summed E-state index contributed by atoms with van der Waals surface area (Å²) in [5, 5.41) is 11.0. The third-order valence-electron chi connectivity index (χ3n) is 4.58. The molecule has 0 spiro atoms. The summed E-state index contributed by atoms with van der Waals surface area (Å²) in [4.78, 5) is 11.5. The summed E-state index contributed by atoms with van der Waals surface area (Å²) in [6, 6.07) is 15.4. The van der Waals surface area contributed by atoms with Crippen molar-refractivity contribution in [3.05, 3.63) is 97.5 Å². The highest BCUT2D eigenvalue weighted by Crippen LogP contribution is 2.38. The van der Waals surface area contributed by atoms with Crippen molar-refractivity contribution in [2.24, 2.45) is 0 Å². The van der Waals surface area contributed by atoms with E-state index >= 15 is 0 Å². The Morgan fingerprint density at radius 1 is 0.875 bits per heavy atom. The molecule has 0 radical (unpaired) electrons. The van der Waals surface area contributed by atoms with E-state index in [-0.39, 0.29) is 28.8 Å². The molecule has 3 rings (SSSR count). The van der Waals surface area contributed by atoms with Crippen LogP contribution in [-0.4, -0.2) is 11.1 Å². The number of hydrogen-bond donors (Lipinski definition) is 1. The van der Waals surface area contributed by atoms with E-state index in [0.717, 1.165) is 5.56 Å². The van der Waals surface area contributed by atoms with Crippen LogP contribution in [0.1, 0.15) is 23.6 Å². The number of allylic oxidation sites excluding steroid dienone is 1. The maximum Gasteiger partial charge on any atom is 0.335 e. The van der Waals surface area contributed by atoms with E-state index in [2.05, 4.69) is 0 Å². The van der Waals surface area contributed by atoms with E-state index in [1.807, 2.05) is 6.07 Å². The summed E-state index contributed by atoms with van der Waals surface area (Å²) in [5.41, 5.74) is 2.23. The number of carboxylic acids is 1. The Morgan fingerprint density at radius 3 is 2.16 bits per heavy atom. The lowest BCUT2D eigenvalue weighted by atomic mass is 10.00. The van der Waals surface area contributed by atoms with Crippen molar-refractivity contribution >= 4 is 57.9 Å². The highest BCUT2D eigenvalue weighted by atomic mass is 35.5. The van der Waals surface area contributed by atoms with Crippen molar-refractivity contribution in [3.8, 4) is 11.5 Å². The predicted molar refractivity (Wildman–Crippen MR) is 129 cm³/mol. The maximum absolute atomic E-state index is 11.5. The second-order valence-corrected chi connectivity index (χ2v) is 8.35. The third-order valence-corrected chi connectivity index (χ3v) is 5.73. The minimum atomic E-state index is -1.01. The van der Waals surface area contributed by atoms with Crippen molar-refractivity contribution in [3.63, 3.8) is 0 Å². The van der Waals surface area contributed by atoms with E-state index in [1.165, 1.54) is 0 Å². The molecule has 4 nitrogen and oxygen atoms in total. The molecule has 166 valence electrons. The first kappa shape index (κ1) is 24.3. The quantitative estimate of drug-likeness (QED) is 0.312. The number of aliphatic carboxylic acids is 1. The molecule has 0 aliphatic heterocycles. The van der Waals surface area contributed by atoms with Crippen LogP contribution in [0.25, 0.3) is 5.57 Å². The molecular formula is C24H18Cl4O4. The van der Waals surface area contributed by atoms with E-state index in [9.17, 15) is 9.90 Å². The largest absolute Gasteiger partial charge is 0.489 e. The van der Waals surface area contributed by atoms with Gasteiger partial charge in [-0.3, -0.25) is 0 Å². The number of carbonyl (C=O) groups is 1. The molecular weight excluding hydrogens is 494 g/mol. The third kappa shape index (κ3) is 5.90. The van der Waals surface area contributed by atoms with Crippen LogP contribution in [0.2, 0.25) is 20.1 Å². The lowest BCUT2D eigenvalue weighted by Gasteiger charge is -2.15. The van der Waals surface area contributed by atoms with Crippen molar-refractivity contribution < 1.29 is 19.4 Å². The van der Waals surface area contributed by atoms with Crippen LogP contribution in [0.15, 0.2) is 60.7 Å². The molecule has 8 heteroatoms. The van der Waals surface area contributed by atoms with Gasteiger partial charge < -0.3 is 14.6 Å². The summed E-state index contributed by atoms with van der Waals surface area (Å²) in [6.07, 6.45) is 1.55. The van der Waals surface area contributed by atoms with Crippen LogP contribution in [0.3, 0.4) is 0 Å². The van der Waals surface area contributed by atoms with E-state index in [4.69, 9.17) is 55.9 Å². The van der Waals surface area contributed by atoms with Crippen LogP contribution >= 0.6 is 46.4 Å². The van der Waals surface area contributed by atoms with Crippen LogP contribution in [0, 0.1) is 0 Å². The monoisotopic (exact) mass is 510 g/mol. The summed E-state index contributed by atoms with van der Waals surface area (Å²) in [7, 11) is 0. The minimum Gasteiger partial charge on any atom is -0.489 e. The molecule has 1 N–H and O–H groups in total. The Hall–Kier alpha value is -2.37. The van der Waals surface area contributed by atoms with Gasteiger partial charge in [0.05, 0.1) is 15.6 Å². The van der Waals surface area contributed by atoms with Gasteiger partial charge >= 0.3 is 5.97 Å². The Labute approximate surface area is 205 Å². The predicted octanol–water partition coefficient (Wildman–Crippen LogP) is 7.95. The van der Waals surface area contributed by atoms with Gasteiger partial charge in [0.15, 0.2) is 5.75 Å². The molecule has 32 heavy (non-hydrogen) atoms. The molecule has 0 aliphatic rings. The van der Waals surface area contributed by atoms with Gasteiger partial charge in [-0.15, -0.1) is 0 Å². The molecule has 0 unspecified atom stereocenters. The first-order valence-corrected chi connectivity index (χ1v) is 11.0. The van der Waals surface area contributed by atoms with Crippen LogP contribution in [0.5, 0.6) is 11.5 Å². The summed E-state index contributed by atoms with van der Waals surface area (Å²) in [6.45, 7) is 1.97. The molecule has 0 bridgehead atoms. The molecule has 0 saturated carbocycles. The van der Waals surface area contributed by atoms with Gasteiger partial charge in [-0.05, 0) is 30.2 Å². The van der Waals surface area contributed by atoms with E-state index in [1.54, 1.807) is 61.5 Å². The van der Waals surface area contributed by atoms with Crippen LogP contribution < -0.4 is 9.47 Å². The van der Waals surface area contributed by atoms with Crippen molar-refractivity contribution in [2.45, 2.75) is 20.1 Å². The highest BCUT2D eigenvalue weighted by molar-refractivity contribution is 6.37. The van der Waals surface area contributed by atoms with Gasteiger partial charge in [0.25, 0.3) is 0 Å². The first-order valence-electron chi connectivity index (χ1n) is 9.46. The average Bonchev–Trinajstić information content (AvgIpc) is 2.74. The molecule has 0 aliphatic carbocycles. The Kier molecular flexibility index (Phi) is 8.32. The van der Waals surface area contributed by atoms with Crippen molar-refractivity contribution in [1.82, 2.24) is 0 Å². The number of halogens is 4. The van der Waals surface area contributed by atoms with Gasteiger partial charge in [-0.1, -0.05) is 82.8 Å². The highest BCUT2D eigenvalue weighted by Gasteiger charge is 2.15. The summed E-state index contributed by atoms with van der Waals surface area (Å²) >= 11 is 24.8. The average molecular weight is 512 g/mol. The zero-order chi connectivity index (χ0) is 23.3. The lowest BCUT2D eigenvalue weighted by Crippen LogP contribution is -2.05. The van der Waals surface area contributed by atoms with Gasteiger partial charge in [0.1, 0.15) is 19.0 Å². The van der Waals surface area contributed by atoms with Crippen LogP contribution in [-0.2, 0) is 18.0 Å². The number of rotatable bonds is 8. The van der Waals surface area contributed by atoms with Crippen LogP contribution in [0.4, 0.5) is 0 Å². The van der Waals surface area contributed by atoms with Gasteiger partial charge in [0.2, 0.25) is 0 Å². The zero-order valence-corrected chi connectivity index (χ0v) is 19.9. The van der Waals surface area contributed by atoms with Gasteiger partial charge in [-0.2, -0.15) is 0 Å². The van der Waals surface area contributed by atoms with Gasteiger partial charge in [0, 0.05) is 27.7 Å². The number of ether oxygens (including phenoxy) is 2. The van der Waals surface area contributed by atoms with E-state index in [0.29, 0.717) is 32.7 Å². The second-order valence-electron chi connectivity index (χ2n) is 6.69. The zero-order valence-electron chi connectivity index (χ0n) is 16.9. The van der Waals surface area contributed by atoms with Crippen molar-refractivity contribution in [2.75, 3.05) is 0 Å². The molecule has 0 heterocycles. The molecule has 0 saturated heterocycles. The molecule has 3 aromatic rings. The number of hydrogen-bond acceptors (Lipinski definition) is 3. The SMILES string of the molecule is C/C=C(/C(=O)O)c1ccccc1COc1cc(Cl)c(OCc2ccc(Cl)cc2Cl)c(Cl)c1. The van der Waals surface area contributed by atoms with Crippen molar-refractivity contribution in [1.29, 1.82) is 0 Å². The Bertz CT molecular complexity index is 1150. The molecule has 3 aromatic carbocycles. The topological polar surface area (TPSA) is 55.8 Å². The molecule has 0 amide bonds. The smallest absolute Gasteiger partial charge is 0.335 e. The Balaban J connectivity index is 1.74. The summed E-state index contributed by atoms with van der Waals surface area (Å²) < 4.78 is 11.6. The Morgan fingerprint density at radius 2 is 1.53 bits per heavy atom. The fourth-order valence-electron chi connectivity index (χ4n) is 3.01. The summed E-state index contributed by atoms with van der Waals surface area (Å²) in [5.74, 6) is -0.286. The maximum atomic E-state index is 11.5. The molecule has 0 aromatic heterocycles. The number of benzene rings is 3. The normalized spacial score (nSPS) is 11.3. The van der Waals surface area contributed by atoms with E-state index < -0.39 is 5.97 Å². The second kappa shape index (κ2) is 11.0. The standard InChI is InChI=1S/C24H18Cl4O4/c1-2-18(24(29)30)19-6-4-3-5-14(19)12-31-17-10-21(27)23(22(28)11-17)32-13-15-7-8-16(25)9-20(15)26/h2-11H,12-13H2,1H3,(H,29,30)/b18-2+. The number of carboxylic acid groups (broad SMARTS) is 1. The van der Waals surface area contributed by atoms with Gasteiger partial charge in [-0.25, -0.2) is 4.79 Å². The molecule has 0 atom stereocenters. The minimum absolute atomic E-state index is 0.133. The lowest BCUT2D eigenvalue weighted by molar-refractivity contribution is -0.130. The fourth-order valence-corrected chi connectivity index (χ4v) is 4.05. The fraction of sp³-hybridized carbons (Fsp3) is 0.125. The molecule has 0 fully saturated rings. The first-order chi connectivity index (χ1) is 15.3.